The molecule has 0 N–H and O–H groups in total. The fourth-order valence-corrected chi connectivity index (χ4v) is 2.53. The Balaban J connectivity index is 1.94. The predicted octanol–water partition coefficient (Wildman–Crippen LogP) is 5.07. The molecule has 3 nitrogen and oxygen atoms in total. The second-order valence-corrected chi connectivity index (χ2v) is 5.50. The van der Waals surface area contributed by atoms with Crippen LogP contribution in [0.3, 0.4) is 0 Å². The van der Waals surface area contributed by atoms with Crippen molar-refractivity contribution in [2.45, 2.75) is 20.5 Å². The summed E-state index contributed by atoms with van der Waals surface area (Å²) < 4.78 is 7.90. The predicted molar refractivity (Wildman–Crippen MR) is 91.3 cm³/mol. The number of hydrogen-bond acceptors (Lipinski definition) is 2. The van der Waals surface area contributed by atoms with Crippen molar-refractivity contribution in [3.8, 4) is 5.75 Å². The highest BCUT2D eigenvalue weighted by Crippen LogP contribution is 2.22. The molecule has 112 valence electrons. The average molecular weight is 313 g/mol. The number of ether oxygens (including phenoxy) is 1. The third-order valence-corrected chi connectivity index (χ3v) is 3.73. The van der Waals surface area contributed by atoms with Gasteiger partial charge in [-0.25, -0.2) is 4.98 Å². The highest BCUT2D eigenvalue weighted by atomic mass is 35.5. The van der Waals surface area contributed by atoms with Crippen molar-refractivity contribution < 1.29 is 4.74 Å². The van der Waals surface area contributed by atoms with Crippen molar-refractivity contribution in [1.29, 1.82) is 0 Å². The first kappa shape index (κ1) is 14.7. The van der Waals surface area contributed by atoms with Crippen LogP contribution in [-0.4, -0.2) is 9.55 Å². The van der Waals surface area contributed by atoms with Gasteiger partial charge in [-0.2, -0.15) is 0 Å². The maximum absolute atomic E-state index is 5.89. The third-order valence-electron chi connectivity index (χ3n) is 3.47. The summed E-state index contributed by atoms with van der Waals surface area (Å²) >= 11 is 5.89. The van der Waals surface area contributed by atoms with Gasteiger partial charge in [0.1, 0.15) is 12.4 Å². The van der Waals surface area contributed by atoms with Gasteiger partial charge >= 0.3 is 0 Å². The van der Waals surface area contributed by atoms with E-state index < -0.39 is 0 Å². The molecule has 0 saturated carbocycles. The van der Waals surface area contributed by atoms with Crippen LogP contribution in [0.5, 0.6) is 5.75 Å². The van der Waals surface area contributed by atoms with Crippen molar-refractivity contribution in [1.82, 2.24) is 9.55 Å². The number of aryl methyl sites for hydroxylation is 1. The number of para-hydroxylation sites is 1. The Morgan fingerprint density at radius 1 is 1.18 bits per heavy atom. The Morgan fingerprint density at radius 3 is 2.68 bits per heavy atom. The summed E-state index contributed by atoms with van der Waals surface area (Å²) in [6, 6.07) is 13.5. The molecule has 22 heavy (non-hydrogen) atoms. The van der Waals surface area contributed by atoms with Crippen LogP contribution in [0, 0.1) is 6.92 Å². The van der Waals surface area contributed by atoms with Gasteiger partial charge in [-0.1, -0.05) is 29.8 Å². The summed E-state index contributed by atoms with van der Waals surface area (Å²) in [5, 5.41) is 0.698. The topological polar surface area (TPSA) is 27.1 Å². The second-order valence-electron chi connectivity index (χ2n) is 5.07. The minimum absolute atomic E-state index is 0.403. The Hall–Kier alpha value is -2.26. The van der Waals surface area contributed by atoms with E-state index in [-0.39, 0.29) is 0 Å². The average Bonchev–Trinajstić information content (AvgIpc) is 2.87. The van der Waals surface area contributed by atoms with E-state index in [9.17, 15) is 0 Å². The molecule has 0 aliphatic carbocycles. The molecule has 0 unspecified atom stereocenters. The molecular formula is C18H17ClN2O. The van der Waals surface area contributed by atoms with E-state index in [1.54, 1.807) is 0 Å². The zero-order valence-corrected chi connectivity index (χ0v) is 13.3. The first-order chi connectivity index (χ1) is 10.7. The molecule has 0 aliphatic heterocycles. The first-order valence-corrected chi connectivity index (χ1v) is 7.54. The monoisotopic (exact) mass is 312 g/mol. The van der Waals surface area contributed by atoms with E-state index in [1.165, 1.54) is 0 Å². The molecule has 3 rings (SSSR count). The van der Waals surface area contributed by atoms with E-state index in [0.717, 1.165) is 28.2 Å². The molecule has 0 fully saturated rings. The van der Waals surface area contributed by atoms with Gasteiger partial charge in [-0.15, -0.1) is 0 Å². The normalized spacial score (nSPS) is 11.4. The number of allylic oxidation sites excluding steroid dienone is 1. The minimum atomic E-state index is 0.403. The number of benzene rings is 2. The van der Waals surface area contributed by atoms with E-state index in [1.807, 2.05) is 49.5 Å². The number of aromatic nitrogens is 2. The second kappa shape index (κ2) is 6.24. The molecule has 0 atom stereocenters. The molecule has 3 aromatic rings. The van der Waals surface area contributed by atoms with E-state index >= 15 is 0 Å². The fourth-order valence-electron chi connectivity index (χ4n) is 2.40. The van der Waals surface area contributed by atoms with Gasteiger partial charge in [0.15, 0.2) is 5.82 Å². The largest absolute Gasteiger partial charge is 0.486 e. The maximum atomic E-state index is 5.89. The van der Waals surface area contributed by atoms with E-state index in [2.05, 4.69) is 23.6 Å². The summed E-state index contributed by atoms with van der Waals surface area (Å²) in [5.41, 5.74) is 3.26. The smallest absolute Gasteiger partial charge is 0.152 e. The SMILES string of the molecule is CC=Cn1c(COc2ccc(Cl)cc2)nc2c(C)cccc21. The Labute approximate surface area is 134 Å². The summed E-state index contributed by atoms with van der Waals surface area (Å²) in [4.78, 5) is 4.72. The van der Waals surface area contributed by atoms with Gasteiger partial charge in [0.05, 0.1) is 11.0 Å². The zero-order valence-electron chi connectivity index (χ0n) is 12.6. The number of halogens is 1. The van der Waals surface area contributed by atoms with E-state index in [0.29, 0.717) is 11.6 Å². The molecule has 4 heteroatoms. The van der Waals surface area contributed by atoms with Gasteiger partial charge < -0.3 is 9.30 Å². The van der Waals surface area contributed by atoms with Crippen LogP contribution in [0.1, 0.15) is 18.3 Å². The van der Waals surface area contributed by atoms with Crippen LogP contribution >= 0.6 is 11.6 Å². The number of fused-ring (bicyclic) bond motifs is 1. The highest BCUT2D eigenvalue weighted by molar-refractivity contribution is 6.30. The van der Waals surface area contributed by atoms with Gasteiger partial charge in [0, 0.05) is 11.2 Å². The van der Waals surface area contributed by atoms with Gasteiger partial charge in [-0.3, -0.25) is 0 Å². The summed E-state index contributed by atoms with van der Waals surface area (Å²) in [6.45, 7) is 4.46. The quantitative estimate of drug-likeness (QED) is 0.672. The number of hydrogen-bond donors (Lipinski definition) is 0. The van der Waals surface area contributed by atoms with Crippen molar-refractivity contribution >= 4 is 28.8 Å². The molecule has 0 bridgehead atoms. The van der Waals surface area contributed by atoms with E-state index in [4.69, 9.17) is 21.3 Å². The molecule has 0 amide bonds. The van der Waals surface area contributed by atoms with Gasteiger partial charge in [0.25, 0.3) is 0 Å². The molecule has 1 heterocycles. The molecule has 0 spiro atoms. The van der Waals surface area contributed by atoms with Gasteiger partial charge in [0.2, 0.25) is 0 Å². The van der Waals surface area contributed by atoms with Crippen LogP contribution < -0.4 is 4.74 Å². The lowest BCUT2D eigenvalue weighted by Gasteiger charge is -2.07. The maximum Gasteiger partial charge on any atom is 0.152 e. The molecular weight excluding hydrogens is 296 g/mol. The van der Waals surface area contributed by atoms with Crippen LogP contribution in [0.15, 0.2) is 48.5 Å². The number of rotatable bonds is 4. The van der Waals surface area contributed by atoms with Crippen LogP contribution in [0.4, 0.5) is 0 Å². The van der Waals surface area contributed by atoms with Crippen molar-refractivity contribution in [3.05, 3.63) is 65.0 Å². The van der Waals surface area contributed by atoms with Crippen molar-refractivity contribution in [3.63, 3.8) is 0 Å². The Bertz CT molecular complexity index is 819. The first-order valence-electron chi connectivity index (χ1n) is 7.16. The Morgan fingerprint density at radius 2 is 1.95 bits per heavy atom. The van der Waals surface area contributed by atoms with Crippen LogP contribution in [0.25, 0.3) is 17.2 Å². The molecule has 0 radical (unpaired) electrons. The van der Waals surface area contributed by atoms with Crippen LogP contribution in [0.2, 0.25) is 5.02 Å². The minimum Gasteiger partial charge on any atom is -0.486 e. The van der Waals surface area contributed by atoms with Crippen molar-refractivity contribution in [2.75, 3.05) is 0 Å². The number of nitrogens with zero attached hydrogens (tertiary/aromatic N) is 2. The molecule has 0 aliphatic rings. The summed E-state index contributed by atoms with van der Waals surface area (Å²) in [6.07, 6.45) is 4.00. The number of imidazole rings is 1. The van der Waals surface area contributed by atoms with Gasteiger partial charge in [-0.05, 0) is 49.7 Å². The lowest BCUT2D eigenvalue weighted by Crippen LogP contribution is -2.02. The standard InChI is InChI=1S/C18H17ClN2O/c1-3-11-21-16-6-4-5-13(2)18(16)20-17(21)12-22-15-9-7-14(19)8-10-15/h3-11H,12H2,1-2H3. The lowest BCUT2D eigenvalue weighted by molar-refractivity contribution is 0.295. The Kier molecular flexibility index (Phi) is 4.16. The summed E-state index contributed by atoms with van der Waals surface area (Å²) in [5.74, 6) is 1.65. The lowest BCUT2D eigenvalue weighted by atomic mass is 10.2. The summed E-state index contributed by atoms with van der Waals surface area (Å²) in [7, 11) is 0. The highest BCUT2D eigenvalue weighted by Gasteiger charge is 2.11. The molecule has 1 aromatic heterocycles. The molecule has 0 saturated heterocycles. The van der Waals surface area contributed by atoms with Crippen LogP contribution in [-0.2, 0) is 6.61 Å². The molecule has 2 aromatic carbocycles. The zero-order chi connectivity index (χ0) is 15.5. The van der Waals surface area contributed by atoms with Crippen molar-refractivity contribution in [2.24, 2.45) is 0 Å². The third kappa shape index (κ3) is 2.85. The fraction of sp³-hybridized carbons (Fsp3) is 0.167.